The van der Waals surface area contributed by atoms with Gasteiger partial charge in [0.1, 0.15) is 17.2 Å². The Bertz CT molecular complexity index is 867. The quantitative estimate of drug-likeness (QED) is 0.683. The Morgan fingerprint density at radius 2 is 1.57 bits per heavy atom. The van der Waals surface area contributed by atoms with Gasteiger partial charge in [0.15, 0.2) is 5.05 Å². The first-order valence-corrected chi connectivity index (χ1v) is 10.7. The fraction of sp³-hybridized carbons (Fsp3) is 0.458. The number of benzene rings is 2. The number of phenols is 1. The lowest BCUT2D eigenvalue weighted by molar-refractivity contribution is -0.00616. The number of ether oxygens (including phenoxy) is 2. The van der Waals surface area contributed by atoms with Gasteiger partial charge < -0.3 is 14.6 Å². The molecule has 0 radical (unpaired) electrons. The molecular formula is C24H26O3S. The maximum atomic E-state index is 9.45. The second kappa shape index (κ2) is 6.77. The number of phenolic OH excluding ortho intramolecular Hbond substituents is 1. The summed E-state index contributed by atoms with van der Waals surface area (Å²) in [5.41, 5.74) is 2.49. The van der Waals surface area contributed by atoms with Crippen LogP contribution in [0.4, 0.5) is 0 Å². The van der Waals surface area contributed by atoms with Gasteiger partial charge >= 0.3 is 0 Å². The van der Waals surface area contributed by atoms with Crippen LogP contribution in [0.15, 0.2) is 42.5 Å². The van der Waals surface area contributed by atoms with Crippen LogP contribution < -0.4 is 9.47 Å². The van der Waals surface area contributed by atoms with E-state index in [0.29, 0.717) is 10.8 Å². The largest absolute Gasteiger partial charge is 0.508 e. The standard InChI is InChI=1S/C24H26O3S/c1-26-22-7-2-18(23(28)27-20-5-3-19(25)4-6-20)11-21(22)24-12-15-8-16(13-24)10-17(9-15)14-24/h2-7,11,15-17,25H,8-10,12-14H2,1H3. The highest BCUT2D eigenvalue weighted by molar-refractivity contribution is 7.80. The van der Waals surface area contributed by atoms with Crippen molar-refractivity contribution in [2.24, 2.45) is 17.8 Å². The molecule has 28 heavy (non-hydrogen) atoms. The highest BCUT2D eigenvalue weighted by atomic mass is 32.1. The van der Waals surface area contributed by atoms with Crippen LogP contribution >= 0.6 is 12.2 Å². The van der Waals surface area contributed by atoms with E-state index in [1.54, 1.807) is 31.4 Å². The van der Waals surface area contributed by atoms with Gasteiger partial charge in [0.05, 0.1) is 7.11 Å². The fourth-order valence-electron chi connectivity index (χ4n) is 6.37. The normalized spacial score (nSPS) is 30.2. The molecule has 2 aromatic rings. The number of aromatic hydroxyl groups is 1. The molecule has 2 aromatic carbocycles. The summed E-state index contributed by atoms with van der Waals surface area (Å²) in [5.74, 6) is 4.46. The molecule has 3 nitrogen and oxygen atoms in total. The van der Waals surface area contributed by atoms with Crippen molar-refractivity contribution in [2.75, 3.05) is 7.11 Å². The van der Waals surface area contributed by atoms with Gasteiger partial charge in [0.2, 0.25) is 0 Å². The van der Waals surface area contributed by atoms with Crippen molar-refractivity contribution in [1.29, 1.82) is 0 Å². The van der Waals surface area contributed by atoms with E-state index in [1.165, 1.54) is 44.1 Å². The van der Waals surface area contributed by atoms with Gasteiger partial charge in [-0.3, -0.25) is 0 Å². The lowest BCUT2D eigenvalue weighted by Crippen LogP contribution is -2.48. The van der Waals surface area contributed by atoms with Gasteiger partial charge in [-0.05, 0) is 116 Å². The Labute approximate surface area is 171 Å². The van der Waals surface area contributed by atoms with Crippen LogP contribution in [-0.2, 0) is 5.41 Å². The predicted molar refractivity (Wildman–Crippen MR) is 113 cm³/mol. The summed E-state index contributed by atoms with van der Waals surface area (Å²) in [6.07, 6.45) is 8.11. The zero-order chi connectivity index (χ0) is 19.3. The molecule has 0 atom stereocenters. The Morgan fingerprint density at radius 1 is 0.964 bits per heavy atom. The van der Waals surface area contributed by atoms with E-state index in [9.17, 15) is 5.11 Å². The van der Waals surface area contributed by atoms with Crippen LogP contribution in [0, 0.1) is 17.8 Å². The predicted octanol–water partition coefficient (Wildman–Crippen LogP) is 5.62. The van der Waals surface area contributed by atoms with Crippen LogP contribution in [0.3, 0.4) is 0 Å². The first-order valence-electron chi connectivity index (χ1n) is 10.2. The van der Waals surface area contributed by atoms with Gasteiger partial charge in [-0.15, -0.1) is 0 Å². The zero-order valence-corrected chi connectivity index (χ0v) is 17.0. The summed E-state index contributed by atoms with van der Waals surface area (Å²) in [6.45, 7) is 0. The second-order valence-corrected chi connectivity index (χ2v) is 9.37. The Morgan fingerprint density at radius 3 is 2.14 bits per heavy atom. The van der Waals surface area contributed by atoms with Gasteiger partial charge in [-0.2, -0.15) is 0 Å². The van der Waals surface area contributed by atoms with E-state index in [1.807, 2.05) is 6.07 Å². The molecule has 4 bridgehead atoms. The first-order chi connectivity index (χ1) is 13.5. The first kappa shape index (κ1) is 18.0. The van der Waals surface area contributed by atoms with E-state index in [2.05, 4.69) is 12.1 Å². The molecule has 0 unspecified atom stereocenters. The lowest BCUT2D eigenvalue weighted by atomic mass is 9.48. The second-order valence-electron chi connectivity index (χ2n) is 9.00. The van der Waals surface area contributed by atoms with Crippen molar-refractivity contribution in [1.82, 2.24) is 0 Å². The van der Waals surface area contributed by atoms with E-state index < -0.39 is 0 Å². The zero-order valence-electron chi connectivity index (χ0n) is 16.2. The average molecular weight is 395 g/mol. The number of hydrogen-bond donors (Lipinski definition) is 1. The molecule has 0 amide bonds. The minimum atomic E-state index is 0.215. The van der Waals surface area contributed by atoms with Gasteiger partial charge in [-0.1, -0.05) is 0 Å². The fourth-order valence-corrected chi connectivity index (χ4v) is 6.59. The van der Waals surface area contributed by atoms with E-state index in [-0.39, 0.29) is 11.2 Å². The van der Waals surface area contributed by atoms with Gasteiger partial charge in [0.25, 0.3) is 0 Å². The summed E-state index contributed by atoms with van der Waals surface area (Å²) < 4.78 is 11.7. The highest BCUT2D eigenvalue weighted by Gasteiger charge is 2.52. The van der Waals surface area contributed by atoms with E-state index in [0.717, 1.165) is 29.1 Å². The molecule has 4 fully saturated rings. The maximum Gasteiger partial charge on any atom is 0.198 e. The van der Waals surface area contributed by atoms with Crippen molar-refractivity contribution in [3.63, 3.8) is 0 Å². The topological polar surface area (TPSA) is 38.7 Å². The SMILES string of the molecule is COc1ccc(C(=S)Oc2ccc(O)cc2)cc1C12CC3CC(CC(C3)C1)C2. The van der Waals surface area contributed by atoms with E-state index >= 15 is 0 Å². The molecule has 4 saturated carbocycles. The van der Waals surface area contributed by atoms with Crippen molar-refractivity contribution in [3.8, 4) is 17.2 Å². The molecule has 146 valence electrons. The molecular weight excluding hydrogens is 368 g/mol. The van der Waals surface area contributed by atoms with Crippen molar-refractivity contribution >= 4 is 17.3 Å². The third-order valence-electron chi connectivity index (χ3n) is 7.09. The molecule has 0 aliphatic heterocycles. The smallest absolute Gasteiger partial charge is 0.198 e. The molecule has 1 N–H and O–H groups in total. The molecule has 6 rings (SSSR count). The summed E-state index contributed by atoms with van der Waals surface area (Å²) in [7, 11) is 1.77. The number of rotatable bonds is 4. The molecule has 4 aliphatic carbocycles. The van der Waals surface area contributed by atoms with Gasteiger partial charge in [0, 0.05) is 11.1 Å². The summed E-state index contributed by atoms with van der Waals surface area (Å²) in [4.78, 5) is 0. The number of methoxy groups -OCH3 is 1. The van der Waals surface area contributed by atoms with Crippen molar-refractivity contribution in [2.45, 2.75) is 43.9 Å². The monoisotopic (exact) mass is 394 g/mol. The maximum absolute atomic E-state index is 9.45. The third-order valence-corrected chi connectivity index (χ3v) is 7.41. The molecule has 0 spiro atoms. The molecule has 4 heteroatoms. The molecule has 0 heterocycles. The molecule has 0 saturated heterocycles. The van der Waals surface area contributed by atoms with Gasteiger partial charge in [-0.25, -0.2) is 0 Å². The average Bonchev–Trinajstić information content (AvgIpc) is 2.68. The highest BCUT2D eigenvalue weighted by Crippen LogP contribution is 2.61. The minimum absolute atomic E-state index is 0.215. The van der Waals surface area contributed by atoms with Crippen molar-refractivity contribution < 1.29 is 14.6 Å². The van der Waals surface area contributed by atoms with Crippen LogP contribution in [-0.4, -0.2) is 17.3 Å². The summed E-state index contributed by atoms with van der Waals surface area (Å²) in [5, 5.41) is 9.91. The van der Waals surface area contributed by atoms with Crippen LogP contribution in [0.2, 0.25) is 0 Å². The van der Waals surface area contributed by atoms with Crippen LogP contribution in [0.25, 0.3) is 0 Å². The Hall–Kier alpha value is -2.07. The van der Waals surface area contributed by atoms with Crippen LogP contribution in [0.1, 0.15) is 49.7 Å². The van der Waals surface area contributed by atoms with E-state index in [4.69, 9.17) is 21.7 Å². The van der Waals surface area contributed by atoms with Crippen molar-refractivity contribution in [3.05, 3.63) is 53.6 Å². The lowest BCUT2D eigenvalue weighted by Gasteiger charge is -2.57. The molecule has 4 aliphatic rings. The Balaban J connectivity index is 1.47. The van der Waals surface area contributed by atoms with Crippen LogP contribution in [0.5, 0.6) is 17.2 Å². The minimum Gasteiger partial charge on any atom is -0.508 e. The summed E-state index contributed by atoms with van der Waals surface area (Å²) >= 11 is 5.59. The number of hydrogen-bond acceptors (Lipinski definition) is 4. The number of thiocarbonyl (C=S) groups is 1. The third kappa shape index (κ3) is 3.08. The molecule has 0 aromatic heterocycles. The summed E-state index contributed by atoms with van der Waals surface area (Å²) in [6, 6.07) is 12.9. The Kier molecular flexibility index (Phi) is 4.35.